The zero-order valence-electron chi connectivity index (χ0n) is 21.2. The van der Waals surface area contributed by atoms with Gasteiger partial charge in [0.25, 0.3) is 5.91 Å². The maximum atomic E-state index is 13.8. The Kier molecular flexibility index (Phi) is 7.19. The molecule has 5 heteroatoms. The van der Waals surface area contributed by atoms with Crippen LogP contribution in [0.1, 0.15) is 78.4 Å². The number of amides is 2. The first kappa shape index (κ1) is 24.3. The number of piperidine rings is 1. The molecule has 2 aliphatic heterocycles. The van der Waals surface area contributed by atoms with Gasteiger partial charge in [0.05, 0.1) is 0 Å². The normalized spacial score (nSPS) is 20.0. The summed E-state index contributed by atoms with van der Waals surface area (Å²) in [6.45, 7) is 6.11. The topological polar surface area (TPSA) is 61.4 Å². The molecular weight excluding hydrogens is 446 g/mol. The van der Waals surface area contributed by atoms with Crippen molar-refractivity contribution in [3.63, 3.8) is 0 Å². The average Bonchev–Trinajstić information content (AvgIpc) is 2.93. The lowest BCUT2D eigenvalue weighted by Gasteiger charge is -2.39. The molecule has 0 radical (unpaired) electrons. The molecule has 1 fully saturated rings. The van der Waals surface area contributed by atoms with Crippen LogP contribution in [0.5, 0.6) is 0 Å². The summed E-state index contributed by atoms with van der Waals surface area (Å²) in [4.78, 5) is 27.5. The van der Waals surface area contributed by atoms with Crippen LogP contribution in [0, 0.1) is 0 Å². The van der Waals surface area contributed by atoms with Gasteiger partial charge in [-0.25, -0.2) is 0 Å². The van der Waals surface area contributed by atoms with Crippen molar-refractivity contribution in [1.29, 1.82) is 0 Å². The summed E-state index contributed by atoms with van der Waals surface area (Å²) in [7, 11) is 0. The fourth-order valence-electron chi connectivity index (χ4n) is 5.68. The van der Waals surface area contributed by atoms with Crippen LogP contribution in [-0.4, -0.2) is 30.9 Å². The van der Waals surface area contributed by atoms with E-state index in [1.54, 1.807) is 0 Å². The Morgan fingerprint density at radius 2 is 1.58 bits per heavy atom. The number of rotatable bonds is 5. The highest BCUT2D eigenvalue weighted by molar-refractivity contribution is 6.07. The van der Waals surface area contributed by atoms with Gasteiger partial charge in [-0.3, -0.25) is 9.59 Å². The second-order valence-electron chi connectivity index (χ2n) is 10.0. The SMILES string of the molecule is CCC(=O)Nc1ccc(C2CC(C)N(C(=O)c3ccc(C4CCNCC4)cc3)c3ccccc32)cc1. The molecule has 5 nitrogen and oxygen atoms in total. The molecule has 0 aliphatic carbocycles. The standard InChI is InChI=1S/C31H35N3O2/c1-3-30(35)33-26-14-12-24(13-15-26)28-20-21(2)34(29-7-5-4-6-27(28)29)31(36)25-10-8-22(9-11-25)23-16-18-32-19-17-23/h4-15,21,23,28,32H,3,16-20H2,1-2H3,(H,33,35). The van der Waals surface area contributed by atoms with Crippen LogP contribution in [0.2, 0.25) is 0 Å². The molecule has 2 heterocycles. The molecule has 3 aromatic carbocycles. The van der Waals surface area contributed by atoms with Crippen LogP contribution in [-0.2, 0) is 4.79 Å². The fraction of sp³-hybridized carbons (Fsp3) is 0.355. The molecule has 186 valence electrons. The maximum Gasteiger partial charge on any atom is 0.258 e. The van der Waals surface area contributed by atoms with Crippen LogP contribution in [0.25, 0.3) is 0 Å². The Balaban J connectivity index is 1.39. The minimum absolute atomic E-state index is 0.0114. The lowest BCUT2D eigenvalue weighted by Crippen LogP contribution is -2.43. The van der Waals surface area contributed by atoms with Gasteiger partial charge in [0.15, 0.2) is 0 Å². The highest BCUT2D eigenvalue weighted by atomic mass is 16.2. The molecular formula is C31H35N3O2. The molecule has 5 rings (SSSR count). The van der Waals surface area contributed by atoms with E-state index >= 15 is 0 Å². The Morgan fingerprint density at radius 1 is 0.917 bits per heavy atom. The number of carbonyl (C=O) groups excluding carboxylic acids is 2. The minimum Gasteiger partial charge on any atom is -0.326 e. The van der Waals surface area contributed by atoms with Crippen molar-refractivity contribution in [2.24, 2.45) is 0 Å². The number of fused-ring (bicyclic) bond motifs is 1. The lowest BCUT2D eigenvalue weighted by molar-refractivity contribution is -0.115. The van der Waals surface area contributed by atoms with E-state index in [-0.39, 0.29) is 23.8 Å². The third-order valence-electron chi connectivity index (χ3n) is 7.69. The van der Waals surface area contributed by atoms with Gasteiger partial charge in [-0.2, -0.15) is 0 Å². The number of hydrogen-bond acceptors (Lipinski definition) is 3. The predicted octanol–water partition coefficient (Wildman–Crippen LogP) is 6.07. The Hall–Kier alpha value is -3.44. The molecule has 2 amide bonds. The van der Waals surface area contributed by atoms with E-state index in [4.69, 9.17) is 0 Å². The quantitative estimate of drug-likeness (QED) is 0.465. The lowest BCUT2D eigenvalue weighted by atomic mass is 9.81. The van der Waals surface area contributed by atoms with Crippen LogP contribution in [0.4, 0.5) is 11.4 Å². The molecule has 0 aromatic heterocycles. The van der Waals surface area contributed by atoms with E-state index in [2.05, 4.69) is 54.0 Å². The number of hydrogen-bond donors (Lipinski definition) is 2. The van der Waals surface area contributed by atoms with Crippen molar-refractivity contribution >= 4 is 23.2 Å². The predicted molar refractivity (Wildman–Crippen MR) is 146 cm³/mol. The monoisotopic (exact) mass is 481 g/mol. The highest BCUT2D eigenvalue weighted by Gasteiger charge is 2.34. The summed E-state index contributed by atoms with van der Waals surface area (Å²) >= 11 is 0. The molecule has 2 atom stereocenters. The first-order valence-electron chi connectivity index (χ1n) is 13.2. The summed E-state index contributed by atoms with van der Waals surface area (Å²) in [5, 5.41) is 6.34. The van der Waals surface area contributed by atoms with Gasteiger partial charge in [0.1, 0.15) is 0 Å². The van der Waals surface area contributed by atoms with E-state index in [0.717, 1.165) is 49.3 Å². The second-order valence-corrected chi connectivity index (χ2v) is 10.0. The van der Waals surface area contributed by atoms with Crippen LogP contribution >= 0.6 is 0 Å². The van der Waals surface area contributed by atoms with E-state index in [9.17, 15) is 9.59 Å². The Bertz CT molecular complexity index is 1210. The van der Waals surface area contributed by atoms with Crippen molar-refractivity contribution in [2.45, 2.75) is 57.4 Å². The third-order valence-corrected chi connectivity index (χ3v) is 7.69. The van der Waals surface area contributed by atoms with Crippen LogP contribution < -0.4 is 15.5 Å². The average molecular weight is 482 g/mol. The summed E-state index contributed by atoms with van der Waals surface area (Å²) < 4.78 is 0. The first-order valence-corrected chi connectivity index (χ1v) is 13.2. The molecule has 0 spiro atoms. The van der Waals surface area contributed by atoms with Crippen molar-refractivity contribution in [3.8, 4) is 0 Å². The van der Waals surface area contributed by atoms with Crippen molar-refractivity contribution in [1.82, 2.24) is 5.32 Å². The van der Waals surface area contributed by atoms with E-state index < -0.39 is 0 Å². The molecule has 2 aliphatic rings. The minimum atomic E-state index is 0.0114. The molecule has 0 saturated carbocycles. The molecule has 2 N–H and O–H groups in total. The van der Waals surface area contributed by atoms with E-state index in [1.165, 1.54) is 16.7 Å². The van der Waals surface area contributed by atoms with Gasteiger partial charge in [0.2, 0.25) is 5.91 Å². The number of carbonyl (C=O) groups is 2. The maximum absolute atomic E-state index is 13.8. The van der Waals surface area contributed by atoms with Crippen molar-refractivity contribution < 1.29 is 9.59 Å². The summed E-state index contributed by atoms with van der Waals surface area (Å²) in [6, 6.07) is 24.7. The molecule has 3 aromatic rings. The van der Waals surface area contributed by atoms with E-state index in [0.29, 0.717) is 12.3 Å². The molecule has 36 heavy (non-hydrogen) atoms. The van der Waals surface area contributed by atoms with Crippen molar-refractivity contribution in [3.05, 3.63) is 95.1 Å². The van der Waals surface area contributed by atoms with Gasteiger partial charge in [-0.15, -0.1) is 0 Å². The first-order chi connectivity index (χ1) is 17.5. The summed E-state index contributed by atoms with van der Waals surface area (Å²) in [5.74, 6) is 0.839. The highest BCUT2D eigenvalue weighted by Crippen LogP contribution is 2.43. The van der Waals surface area contributed by atoms with E-state index in [1.807, 2.05) is 48.2 Å². The third kappa shape index (κ3) is 4.93. The van der Waals surface area contributed by atoms with Gasteiger partial charge in [-0.1, -0.05) is 49.4 Å². The Labute approximate surface area is 213 Å². The van der Waals surface area contributed by atoms with Gasteiger partial charge >= 0.3 is 0 Å². The summed E-state index contributed by atoms with van der Waals surface area (Å²) in [5.41, 5.74) is 6.23. The van der Waals surface area contributed by atoms with Gasteiger partial charge < -0.3 is 15.5 Å². The van der Waals surface area contributed by atoms with Gasteiger partial charge in [-0.05, 0) is 92.2 Å². The number of benzene rings is 3. The number of nitrogens with one attached hydrogen (secondary N) is 2. The van der Waals surface area contributed by atoms with Gasteiger partial charge in [0, 0.05) is 35.3 Å². The number of para-hydroxylation sites is 1. The Morgan fingerprint density at radius 3 is 2.28 bits per heavy atom. The molecule has 2 unspecified atom stereocenters. The largest absolute Gasteiger partial charge is 0.326 e. The number of nitrogens with zero attached hydrogens (tertiary/aromatic N) is 1. The zero-order valence-corrected chi connectivity index (χ0v) is 21.2. The second kappa shape index (κ2) is 10.7. The zero-order chi connectivity index (χ0) is 25.1. The number of anilines is 2. The molecule has 1 saturated heterocycles. The fourth-order valence-corrected chi connectivity index (χ4v) is 5.68. The smallest absolute Gasteiger partial charge is 0.258 e. The summed E-state index contributed by atoms with van der Waals surface area (Å²) in [6.07, 6.45) is 3.60. The van der Waals surface area contributed by atoms with Crippen LogP contribution in [0.3, 0.4) is 0 Å². The van der Waals surface area contributed by atoms with Crippen LogP contribution in [0.15, 0.2) is 72.8 Å². The van der Waals surface area contributed by atoms with Crippen molar-refractivity contribution in [2.75, 3.05) is 23.3 Å². The molecule has 0 bridgehead atoms.